The summed E-state index contributed by atoms with van der Waals surface area (Å²) in [6.45, 7) is 3.59. The molecule has 0 aliphatic heterocycles. The fourth-order valence-corrected chi connectivity index (χ4v) is 0.905. The van der Waals surface area contributed by atoms with Crippen LogP contribution in [0.1, 0.15) is 32.6 Å². The Balaban J connectivity index is -0.000000107. The Morgan fingerprint density at radius 2 is 1.42 bits per heavy atom. The van der Waals surface area contributed by atoms with Crippen molar-refractivity contribution in [2.45, 2.75) is 32.6 Å². The number of nitrogens with one attached hydrogen (secondary N) is 1. The van der Waals surface area contributed by atoms with Gasteiger partial charge < -0.3 is 45.0 Å². The second-order valence-corrected chi connectivity index (χ2v) is 3.02. The summed E-state index contributed by atoms with van der Waals surface area (Å²) < 4.78 is 0. The minimum Gasteiger partial charge on any atom is -1.00 e. The van der Waals surface area contributed by atoms with E-state index in [0.29, 0.717) is 0 Å². The van der Waals surface area contributed by atoms with Gasteiger partial charge in [-0.25, -0.2) is 0 Å². The molecule has 0 unspecified atom stereocenters. The van der Waals surface area contributed by atoms with E-state index in [-0.39, 0.29) is 40.1 Å². The maximum Gasteiger partial charge on any atom is 0.0766 e. The Kier molecular flexibility index (Phi) is 34.3. The first-order chi connectivity index (χ1) is 4.27. The van der Waals surface area contributed by atoms with Crippen LogP contribution in [0.3, 0.4) is 0 Å². The Hall–Kier alpha value is 0.880. The van der Waals surface area contributed by atoms with E-state index < -0.39 is 0 Å². The van der Waals surface area contributed by atoms with Crippen LogP contribution in [-0.2, 0) is 0 Å². The second kappa shape index (κ2) is 17.8. The van der Waals surface area contributed by atoms with Crippen molar-refractivity contribution >= 4 is 0 Å². The van der Waals surface area contributed by atoms with Gasteiger partial charge in [-0.05, 0) is 12.8 Å². The zero-order valence-corrected chi connectivity index (χ0v) is 12.0. The lowest BCUT2D eigenvalue weighted by Crippen LogP contribution is -3.05. The maximum absolute atomic E-state index is 2.25. The zero-order valence-electron chi connectivity index (χ0n) is 8.79. The first-order valence-electron chi connectivity index (χ1n) is 4.06. The van der Waals surface area contributed by atoms with Gasteiger partial charge in [-0.1, -0.05) is 19.8 Å². The van der Waals surface area contributed by atoms with Crippen LogP contribution in [-0.4, -0.2) is 20.6 Å². The molecule has 5 N–H and O–H groups in total. The predicted molar refractivity (Wildman–Crippen MR) is 47.8 cm³/mol. The molecule has 0 aromatic heterocycles. The standard InChI is InChI=1S/C8H19N.2BrH.H3N/c1-4-5-6-7-8-9(2)3;;;/h4-8H2,1-3H3;2*1H;1H3. The van der Waals surface area contributed by atoms with Crippen LogP contribution in [0.2, 0.25) is 0 Å². The molecule has 0 saturated heterocycles. The first-order valence-corrected chi connectivity index (χ1v) is 4.06. The van der Waals surface area contributed by atoms with Gasteiger partial charge in [0.15, 0.2) is 0 Å². The van der Waals surface area contributed by atoms with Gasteiger partial charge in [0.1, 0.15) is 0 Å². The molecule has 0 aromatic rings. The van der Waals surface area contributed by atoms with Crippen LogP contribution in [0.25, 0.3) is 0 Å². The lowest BCUT2D eigenvalue weighted by molar-refractivity contribution is -0.858. The Labute approximate surface area is 98.2 Å². The average Bonchev–Trinajstić information content (AvgIpc) is 1.80. The van der Waals surface area contributed by atoms with Crippen LogP contribution < -0.4 is 45.0 Å². The van der Waals surface area contributed by atoms with E-state index in [0.717, 1.165) is 0 Å². The highest BCUT2D eigenvalue weighted by Gasteiger charge is 1.91. The molecule has 80 valence electrons. The molecule has 0 spiro atoms. The average molecular weight is 308 g/mol. The molecule has 0 heterocycles. The molecule has 2 nitrogen and oxygen atoms in total. The summed E-state index contributed by atoms with van der Waals surface area (Å²) in [5, 5.41) is 0. The smallest absolute Gasteiger partial charge is 0.0766 e. The van der Waals surface area contributed by atoms with Gasteiger partial charge in [0.05, 0.1) is 20.6 Å². The van der Waals surface area contributed by atoms with Crippen molar-refractivity contribution in [3.63, 3.8) is 0 Å². The molecular formula is C8H24Br2N2. The topological polar surface area (TPSA) is 40.9 Å². The van der Waals surface area contributed by atoms with Crippen molar-refractivity contribution in [1.29, 1.82) is 0 Å². The summed E-state index contributed by atoms with van der Waals surface area (Å²) in [4.78, 5) is 1.58. The van der Waals surface area contributed by atoms with Crippen LogP contribution in [0.5, 0.6) is 0 Å². The third-order valence-corrected chi connectivity index (χ3v) is 1.53. The number of quaternary nitrogens is 2. The van der Waals surface area contributed by atoms with Crippen LogP contribution >= 0.6 is 0 Å². The number of hydrogen-bond acceptors (Lipinski definition) is 0. The molecule has 0 atom stereocenters. The monoisotopic (exact) mass is 306 g/mol. The Bertz CT molecular complexity index is 61.0. The highest BCUT2D eigenvalue weighted by molar-refractivity contribution is 4.36. The van der Waals surface area contributed by atoms with Crippen molar-refractivity contribution < 1.29 is 38.9 Å². The van der Waals surface area contributed by atoms with Gasteiger partial charge in [0.2, 0.25) is 0 Å². The van der Waals surface area contributed by atoms with E-state index in [4.69, 9.17) is 0 Å². The summed E-state index contributed by atoms with van der Waals surface area (Å²) >= 11 is 0. The molecule has 0 rings (SSSR count). The van der Waals surface area contributed by atoms with Gasteiger partial charge in [-0.3, -0.25) is 0 Å². The van der Waals surface area contributed by atoms with Crippen molar-refractivity contribution in [1.82, 2.24) is 6.15 Å². The SMILES string of the molecule is CCCCCC[NH+](C)C.[Br-].[Br-].[NH4+]. The van der Waals surface area contributed by atoms with Crippen LogP contribution in [0.15, 0.2) is 0 Å². The fourth-order valence-electron chi connectivity index (χ4n) is 0.905. The molecule has 0 aliphatic rings. The van der Waals surface area contributed by atoms with E-state index in [1.165, 1.54) is 32.2 Å². The molecule has 0 fully saturated rings. The molecule has 0 bridgehead atoms. The van der Waals surface area contributed by atoms with Crippen molar-refractivity contribution in [3.8, 4) is 0 Å². The normalized spacial score (nSPS) is 8.00. The van der Waals surface area contributed by atoms with Crippen molar-refractivity contribution in [2.75, 3.05) is 20.6 Å². The molecule has 12 heavy (non-hydrogen) atoms. The van der Waals surface area contributed by atoms with E-state index in [1.54, 1.807) is 4.90 Å². The molecule has 0 amide bonds. The zero-order chi connectivity index (χ0) is 7.11. The summed E-state index contributed by atoms with van der Waals surface area (Å²) in [5.41, 5.74) is 0. The summed E-state index contributed by atoms with van der Waals surface area (Å²) in [5.74, 6) is 0. The molecular weight excluding hydrogens is 284 g/mol. The number of rotatable bonds is 5. The minimum absolute atomic E-state index is 0. The fraction of sp³-hybridized carbons (Fsp3) is 1.00. The number of halogens is 2. The van der Waals surface area contributed by atoms with Gasteiger partial charge in [0.25, 0.3) is 0 Å². The highest BCUT2D eigenvalue weighted by atomic mass is 79.9. The number of hydrogen-bond donors (Lipinski definition) is 2. The molecule has 0 aromatic carbocycles. The van der Waals surface area contributed by atoms with Gasteiger partial charge in [-0.15, -0.1) is 0 Å². The molecule has 0 aliphatic carbocycles. The Morgan fingerprint density at radius 3 is 1.75 bits per heavy atom. The second-order valence-electron chi connectivity index (χ2n) is 3.02. The van der Waals surface area contributed by atoms with E-state index in [1.807, 2.05) is 0 Å². The largest absolute Gasteiger partial charge is 1.00 e. The van der Waals surface area contributed by atoms with Gasteiger partial charge >= 0.3 is 0 Å². The predicted octanol–water partition coefficient (Wildman–Crippen LogP) is -4.90. The van der Waals surface area contributed by atoms with Gasteiger partial charge in [-0.2, -0.15) is 0 Å². The molecule has 0 radical (unpaired) electrons. The van der Waals surface area contributed by atoms with Crippen molar-refractivity contribution in [3.05, 3.63) is 0 Å². The summed E-state index contributed by atoms with van der Waals surface area (Å²) in [6, 6.07) is 0. The van der Waals surface area contributed by atoms with Gasteiger partial charge in [0, 0.05) is 0 Å². The third kappa shape index (κ3) is 22.4. The summed E-state index contributed by atoms with van der Waals surface area (Å²) in [6.07, 6.45) is 5.58. The number of unbranched alkanes of at least 4 members (excludes halogenated alkanes) is 3. The highest BCUT2D eigenvalue weighted by Crippen LogP contribution is 1.95. The summed E-state index contributed by atoms with van der Waals surface area (Å²) in [7, 11) is 4.43. The lowest BCUT2D eigenvalue weighted by Gasteiger charge is -2.05. The quantitative estimate of drug-likeness (QED) is 0.478. The Morgan fingerprint density at radius 1 is 0.917 bits per heavy atom. The van der Waals surface area contributed by atoms with Crippen molar-refractivity contribution in [2.24, 2.45) is 0 Å². The van der Waals surface area contributed by atoms with Crippen LogP contribution in [0.4, 0.5) is 0 Å². The maximum atomic E-state index is 2.25. The minimum atomic E-state index is 0. The molecule has 4 heteroatoms. The third-order valence-electron chi connectivity index (χ3n) is 1.53. The van der Waals surface area contributed by atoms with E-state index in [9.17, 15) is 0 Å². The lowest BCUT2D eigenvalue weighted by atomic mass is 10.2. The first kappa shape index (κ1) is 23.1. The van der Waals surface area contributed by atoms with Crippen LogP contribution in [0, 0.1) is 0 Å². The molecule has 0 saturated carbocycles. The van der Waals surface area contributed by atoms with E-state index in [2.05, 4.69) is 21.0 Å². The van der Waals surface area contributed by atoms with E-state index >= 15 is 0 Å².